The first-order valence-corrected chi connectivity index (χ1v) is 8.65. The molecule has 6 nitrogen and oxygen atoms in total. The molecule has 1 saturated heterocycles. The van der Waals surface area contributed by atoms with Gasteiger partial charge >= 0.3 is 0 Å². The minimum Gasteiger partial charge on any atom is -0.382 e. The van der Waals surface area contributed by atoms with Gasteiger partial charge in [-0.3, -0.25) is 9.79 Å². The summed E-state index contributed by atoms with van der Waals surface area (Å²) in [6.45, 7) is 9.96. The smallest absolute Gasteiger partial charge is 0.222 e. The molecule has 0 aliphatic carbocycles. The number of rotatable bonds is 11. The molecule has 0 aromatic rings. The number of likely N-dealkylation sites (tertiary alicyclic amines) is 1. The Kier molecular flexibility index (Phi) is 14.6. The molecule has 0 aromatic carbocycles. The number of amides is 1. The fourth-order valence-corrected chi connectivity index (χ4v) is 2.41. The van der Waals surface area contributed by atoms with Crippen LogP contribution in [0.4, 0.5) is 0 Å². The van der Waals surface area contributed by atoms with Gasteiger partial charge in [0.15, 0.2) is 5.96 Å². The number of hydrogen-bond donors (Lipinski definition) is 2. The van der Waals surface area contributed by atoms with Crippen molar-refractivity contribution in [3.8, 4) is 0 Å². The van der Waals surface area contributed by atoms with Gasteiger partial charge in [-0.25, -0.2) is 0 Å². The Hall–Kier alpha value is -0.570. The van der Waals surface area contributed by atoms with Crippen molar-refractivity contribution in [1.29, 1.82) is 0 Å². The molecular formula is C16H33IN4O2. The van der Waals surface area contributed by atoms with Crippen LogP contribution in [0.1, 0.15) is 46.0 Å². The standard InChI is InChI=1S/C16H32N4O2.HI/c1-3-17-16(18-10-5-6-14-22-4-2)19-11-8-13-20-12-7-9-15(20)21;/h3-14H2,1-2H3,(H2,17,18,19);1H. The highest BCUT2D eigenvalue weighted by atomic mass is 127. The van der Waals surface area contributed by atoms with Gasteiger partial charge < -0.3 is 20.3 Å². The maximum atomic E-state index is 11.5. The molecule has 1 heterocycles. The van der Waals surface area contributed by atoms with Gasteiger partial charge in [-0.05, 0) is 39.5 Å². The summed E-state index contributed by atoms with van der Waals surface area (Å²) >= 11 is 0. The summed E-state index contributed by atoms with van der Waals surface area (Å²) in [4.78, 5) is 18.0. The van der Waals surface area contributed by atoms with Crippen LogP contribution in [0, 0.1) is 0 Å². The quantitative estimate of drug-likeness (QED) is 0.223. The van der Waals surface area contributed by atoms with Crippen LogP contribution in [0.15, 0.2) is 4.99 Å². The van der Waals surface area contributed by atoms with Crippen molar-refractivity contribution in [1.82, 2.24) is 15.5 Å². The zero-order valence-electron chi connectivity index (χ0n) is 14.6. The van der Waals surface area contributed by atoms with Crippen molar-refractivity contribution >= 4 is 35.8 Å². The zero-order valence-corrected chi connectivity index (χ0v) is 16.9. The summed E-state index contributed by atoms with van der Waals surface area (Å²) in [5.41, 5.74) is 0. The maximum Gasteiger partial charge on any atom is 0.222 e. The van der Waals surface area contributed by atoms with Crippen molar-refractivity contribution in [3.63, 3.8) is 0 Å². The highest BCUT2D eigenvalue weighted by Crippen LogP contribution is 2.09. The number of nitrogens with zero attached hydrogens (tertiary/aromatic N) is 2. The molecular weight excluding hydrogens is 407 g/mol. The highest BCUT2D eigenvalue weighted by Gasteiger charge is 2.18. The first-order chi connectivity index (χ1) is 10.8. The molecule has 1 amide bonds. The molecule has 0 saturated carbocycles. The van der Waals surface area contributed by atoms with E-state index >= 15 is 0 Å². The monoisotopic (exact) mass is 440 g/mol. The third kappa shape index (κ3) is 10.8. The average Bonchev–Trinajstić information content (AvgIpc) is 2.92. The second kappa shape index (κ2) is 15.0. The molecule has 7 heteroatoms. The predicted octanol–water partition coefficient (Wildman–Crippen LogP) is 1.99. The Labute approximate surface area is 157 Å². The first kappa shape index (κ1) is 22.4. The second-order valence-electron chi connectivity index (χ2n) is 5.43. The molecule has 0 radical (unpaired) electrons. The summed E-state index contributed by atoms with van der Waals surface area (Å²) in [6, 6.07) is 0. The molecule has 1 aliphatic heterocycles. The van der Waals surface area contributed by atoms with Crippen LogP contribution in [0.25, 0.3) is 0 Å². The van der Waals surface area contributed by atoms with Gasteiger partial charge in [-0.2, -0.15) is 0 Å². The topological polar surface area (TPSA) is 66.0 Å². The number of nitrogens with one attached hydrogen (secondary N) is 2. The number of halogens is 1. The predicted molar refractivity (Wildman–Crippen MR) is 106 cm³/mol. The van der Waals surface area contributed by atoms with Gasteiger partial charge in [0, 0.05) is 52.4 Å². The minimum atomic E-state index is 0. The SMILES string of the molecule is CCNC(=NCCCN1CCCC1=O)NCCCCOCC.I. The number of ether oxygens (including phenoxy) is 1. The average molecular weight is 440 g/mol. The van der Waals surface area contributed by atoms with E-state index in [2.05, 4.69) is 22.5 Å². The van der Waals surface area contributed by atoms with Crippen LogP contribution in [0.3, 0.4) is 0 Å². The normalized spacial score (nSPS) is 14.8. The lowest BCUT2D eigenvalue weighted by Gasteiger charge is -2.15. The summed E-state index contributed by atoms with van der Waals surface area (Å²) in [7, 11) is 0. The molecule has 0 atom stereocenters. The fraction of sp³-hybridized carbons (Fsp3) is 0.875. The molecule has 0 bridgehead atoms. The van der Waals surface area contributed by atoms with Crippen molar-refractivity contribution in [2.75, 3.05) is 45.9 Å². The van der Waals surface area contributed by atoms with E-state index in [0.29, 0.717) is 5.91 Å². The van der Waals surface area contributed by atoms with Gasteiger partial charge in [0.05, 0.1) is 0 Å². The van der Waals surface area contributed by atoms with Gasteiger partial charge in [0.25, 0.3) is 0 Å². The number of unbranched alkanes of at least 4 members (excludes halogenated alkanes) is 1. The van der Waals surface area contributed by atoms with Crippen molar-refractivity contribution in [2.45, 2.75) is 46.0 Å². The molecule has 23 heavy (non-hydrogen) atoms. The van der Waals surface area contributed by atoms with Crippen molar-refractivity contribution in [3.05, 3.63) is 0 Å². The van der Waals surface area contributed by atoms with E-state index in [1.54, 1.807) is 0 Å². The molecule has 1 rings (SSSR count). The minimum absolute atomic E-state index is 0. The number of carbonyl (C=O) groups is 1. The maximum absolute atomic E-state index is 11.5. The Morgan fingerprint density at radius 2 is 2.09 bits per heavy atom. The van der Waals surface area contributed by atoms with Gasteiger partial charge in [0.2, 0.25) is 5.91 Å². The van der Waals surface area contributed by atoms with E-state index in [-0.39, 0.29) is 24.0 Å². The van der Waals surface area contributed by atoms with Crippen LogP contribution in [0.2, 0.25) is 0 Å². The third-order valence-corrected chi connectivity index (χ3v) is 3.58. The second-order valence-corrected chi connectivity index (χ2v) is 5.43. The molecule has 0 unspecified atom stereocenters. The Morgan fingerprint density at radius 1 is 1.26 bits per heavy atom. The molecule has 136 valence electrons. The van der Waals surface area contributed by atoms with E-state index in [9.17, 15) is 4.79 Å². The van der Waals surface area contributed by atoms with E-state index in [0.717, 1.165) is 84.0 Å². The van der Waals surface area contributed by atoms with Crippen LogP contribution in [0.5, 0.6) is 0 Å². The number of aliphatic imine (C=N–C) groups is 1. The van der Waals surface area contributed by atoms with Crippen LogP contribution in [-0.4, -0.2) is 62.7 Å². The molecule has 2 N–H and O–H groups in total. The summed E-state index contributed by atoms with van der Waals surface area (Å²) in [5, 5.41) is 6.59. The number of guanidine groups is 1. The van der Waals surface area contributed by atoms with Crippen molar-refractivity contribution in [2.24, 2.45) is 4.99 Å². The molecule has 1 fully saturated rings. The Bertz CT molecular complexity index is 340. The third-order valence-electron chi connectivity index (χ3n) is 3.58. The zero-order chi connectivity index (χ0) is 16.0. The van der Waals surface area contributed by atoms with E-state index < -0.39 is 0 Å². The molecule has 0 spiro atoms. The first-order valence-electron chi connectivity index (χ1n) is 8.65. The summed E-state index contributed by atoms with van der Waals surface area (Å²) < 4.78 is 5.32. The lowest BCUT2D eigenvalue weighted by Crippen LogP contribution is -2.38. The van der Waals surface area contributed by atoms with Crippen LogP contribution in [-0.2, 0) is 9.53 Å². The highest BCUT2D eigenvalue weighted by molar-refractivity contribution is 14.0. The number of hydrogen-bond acceptors (Lipinski definition) is 3. The van der Waals surface area contributed by atoms with E-state index in [1.807, 2.05) is 11.8 Å². The fourth-order valence-electron chi connectivity index (χ4n) is 2.41. The molecule has 0 aromatic heterocycles. The lowest BCUT2D eigenvalue weighted by molar-refractivity contribution is -0.127. The largest absolute Gasteiger partial charge is 0.382 e. The molecule has 1 aliphatic rings. The van der Waals surface area contributed by atoms with E-state index in [4.69, 9.17) is 4.74 Å². The van der Waals surface area contributed by atoms with Crippen molar-refractivity contribution < 1.29 is 9.53 Å². The van der Waals surface area contributed by atoms with Crippen LogP contribution >= 0.6 is 24.0 Å². The van der Waals surface area contributed by atoms with Crippen LogP contribution < -0.4 is 10.6 Å². The van der Waals surface area contributed by atoms with Gasteiger partial charge in [-0.1, -0.05) is 0 Å². The summed E-state index contributed by atoms with van der Waals surface area (Å²) in [5.74, 6) is 1.16. The van der Waals surface area contributed by atoms with Gasteiger partial charge in [0.1, 0.15) is 0 Å². The number of carbonyl (C=O) groups excluding carboxylic acids is 1. The van der Waals surface area contributed by atoms with E-state index in [1.165, 1.54) is 0 Å². The summed E-state index contributed by atoms with van der Waals surface area (Å²) in [6.07, 6.45) is 4.79. The lowest BCUT2D eigenvalue weighted by atomic mass is 10.3. The Morgan fingerprint density at radius 3 is 2.74 bits per heavy atom. The Balaban J connectivity index is 0.00000484. The van der Waals surface area contributed by atoms with Gasteiger partial charge in [-0.15, -0.1) is 24.0 Å².